The molecule has 2 amide bonds. The maximum atomic E-state index is 12.2. The second-order valence-electron chi connectivity index (χ2n) is 4.83. The topological polar surface area (TPSA) is 50.8 Å². The SMILES string of the molecule is COc1cccc(NC(=O)N(C)Cc2ccccc2OC)c1. The van der Waals surface area contributed by atoms with Gasteiger partial charge in [0.2, 0.25) is 0 Å². The van der Waals surface area contributed by atoms with E-state index in [0.717, 1.165) is 11.3 Å². The normalized spacial score (nSPS) is 9.95. The summed E-state index contributed by atoms with van der Waals surface area (Å²) in [5, 5.41) is 2.84. The molecule has 5 nitrogen and oxygen atoms in total. The van der Waals surface area contributed by atoms with Crippen LogP contribution in [0.2, 0.25) is 0 Å². The van der Waals surface area contributed by atoms with Crippen LogP contribution in [0.4, 0.5) is 10.5 Å². The molecule has 0 aliphatic rings. The third-order valence-electron chi connectivity index (χ3n) is 3.27. The number of hydrogen-bond acceptors (Lipinski definition) is 3. The van der Waals surface area contributed by atoms with Gasteiger partial charge in [0.1, 0.15) is 11.5 Å². The highest BCUT2D eigenvalue weighted by molar-refractivity contribution is 5.89. The zero-order valence-corrected chi connectivity index (χ0v) is 13.0. The minimum absolute atomic E-state index is 0.195. The number of carbonyl (C=O) groups excluding carboxylic acids is 1. The first-order chi connectivity index (χ1) is 10.6. The average Bonchev–Trinajstić information content (AvgIpc) is 2.55. The summed E-state index contributed by atoms with van der Waals surface area (Å²) in [6, 6.07) is 14.7. The Morgan fingerprint density at radius 1 is 1.09 bits per heavy atom. The lowest BCUT2D eigenvalue weighted by Gasteiger charge is -2.19. The van der Waals surface area contributed by atoms with Gasteiger partial charge in [0, 0.05) is 24.4 Å². The second kappa shape index (κ2) is 7.36. The van der Waals surface area contributed by atoms with Crippen LogP contribution in [0.5, 0.6) is 11.5 Å². The molecule has 5 heteroatoms. The number of anilines is 1. The third-order valence-corrected chi connectivity index (χ3v) is 3.27. The molecule has 0 bridgehead atoms. The average molecular weight is 300 g/mol. The molecule has 22 heavy (non-hydrogen) atoms. The number of nitrogens with one attached hydrogen (secondary N) is 1. The summed E-state index contributed by atoms with van der Waals surface area (Å²) in [6.45, 7) is 0.458. The molecule has 0 fully saturated rings. The van der Waals surface area contributed by atoms with Crippen LogP contribution in [0.3, 0.4) is 0 Å². The van der Waals surface area contributed by atoms with Crippen LogP contribution >= 0.6 is 0 Å². The van der Waals surface area contributed by atoms with Gasteiger partial charge in [-0.05, 0) is 18.2 Å². The molecule has 0 heterocycles. The fraction of sp³-hybridized carbons (Fsp3) is 0.235. The van der Waals surface area contributed by atoms with E-state index >= 15 is 0 Å². The predicted molar refractivity (Wildman–Crippen MR) is 86.5 cm³/mol. The number of nitrogens with zero attached hydrogens (tertiary/aromatic N) is 1. The molecule has 0 radical (unpaired) electrons. The largest absolute Gasteiger partial charge is 0.497 e. The Labute approximate surface area is 130 Å². The smallest absolute Gasteiger partial charge is 0.321 e. The van der Waals surface area contributed by atoms with Crippen LogP contribution in [0.15, 0.2) is 48.5 Å². The molecule has 0 saturated carbocycles. The molecule has 0 atom stereocenters. The summed E-state index contributed by atoms with van der Waals surface area (Å²) in [4.78, 5) is 13.8. The molecular weight excluding hydrogens is 280 g/mol. The van der Waals surface area contributed by atoms with Crippen molar-refractivity contribution in [1.82, 2.24) is 4.90 Å². The number of para-hydroxylation sites is 1. The molecule has 0 aliphatic heterocycles. The van der Waals surface area contributed by atoms with Gasteiger partial charge in [0.15, 0.2) is 0 Å². The molecule has 116 valence electrons. The lowest BCUT2D eigenvalue weighted by molar-refractivity contribution is 0.220. The van der Waals surface area contributed by atoms with Gasteiger partial charge in [-0.2, -0.15) is 0 Å². The van der Waals surface area contributed by atoms with Crippen molar-refractivity contribution in [2.24, 2.45) is 0 Å². The summed E-state index contributed by atoms with van der Waals surface area (Å²) < 4.78 is 10.4. The molecule has 0 aromatic heterocycles. The van der Waals surface area contributed by atoms with Gasteiger partial charge in [-0.3, -0.25) is 0 Å². The molecule has 0 aliphatic carbocycles. The minimum atomic E-state index is -0.195. The number of rotatable bonds is 5. The van der Waals surface area contributed by atoms with Crippen molar-refractivity contribution >= 4 is 11.7 Å². The van der Waals surface area contributed by atoms with Crippen LogP contribution in [-0.4, -0.2) is 32.2 Å². The molecule has 2 aromatic rings. The lowest BCUT2D eigenvalue weighted by atomic mass is 10.2. The van der Waals surface area contributed by atoms with Crippen molar-refractivity contribution in [2.45, 2.75) is 6.54 Å². The van der Waals surface area contributed by atoms with E-state index in [4.69, 9.17) is 9.47 Å². The highest BCUT2D eigenvalue weighted by Gasteiger charge is 2.12. The van der Waals surface area contributed by atoms with Crippen molar-refractivity contribution in [2.75, 3.05) is 26.6 Å². The summed E-state index contributed by atoms with van der Waals surface area (Å²) >= 11 is 0. The Bertz CT molecular complexity index is 643. The molecule has 0 saturated heterocycles. The Kier molecular flexibility index (Phi) is 5.25. The minimum Gasteiger partial charge on any atom is -0.497 e. The van der Waals surface area contributed by atoms with E-state index in [1.807, 2.05) is 42.5 Å². The Hall–Kier alpha value is -2.69. The zero-order chi connectivity index (χ0) is 15.9. The predicted octanol–water partition coefficient (Wildman–Crippen LogP) is 3.37. The number of carbonyl (C=O) groups is 1. The van der Waals surface area contributed by atoms with E-state index < -0.39 is 0 Å². The summed E-state index contributed by atoms with van der Waals surface area (Å²) in [5.41, 5.74) is 1.64. The third kappa shape index (κ3) is 3.91. The first kappa shape index (κ1) is 15.7. The first-order valence-electron chi connectivity index (χ1n) is 6.92. The van der Waals surface area contributed by atoms with E-state index in [2.05, 4.69) is 5.32 Å². The maximum absolute atomic E-state index is 12.2. The number of urea groups is 1. The highest BCUT2D eigenvalue weighted by atomic mass is 16.5. The summed E-state index contributed by atoms with van der Waals surface area (Å²) in [6.07, 6.45) is 0. The molecule has 0 spiro atoms. The van der Waals surface area contributed by atoms with Crippen molar-refractivity contribution in [1.29, 1.82) is 0 Å². The van der Waals surface area contributed by atoms with Gasteiger partial charge in [-0.25, -0.2) is 4.79 Å². The first-order valence-corrected chi connectivity index (χ1v) is 6.92. The molecule has 2 rings (SSSR count). The Morgan fingerprint density at radius 3 is 2.59 bits per heavy atom. The van der Waals surface area contributed by atoms with Gasteiger partial charge >= 0.3 is 6.03 Å². The van der Waals surface area contributed by atoms with E-state index in [0.29, 0.717) is 18.0 Å². The van der Waals surface area contributed by atoms with Gasteiger partial charge in [-0.15, -0.1) is 0 Å². The van der Waals surface area contributed by atoms with E-state index in [1.165, 1.54) is 0 Å². The quantitative estimate of drug-likeness (QED) is 0.921. The van der Waals surface area contributed by atoms with Crippen LogP contribution < -0.4 is 14.8 Å². The van der Waals surface area contributed by atoms with E-state index in [1.54, 1.807) is 32.2 Å². The van der Waals surface area contributed by atoms with E-state index in [-0.39, 0.29) is 6.03 Å². The number of hydrogen-bond donors (Lipinski definition) is 1. The summed E-state index contributed by atoms with van der Waals surface area (Å²) in [5.74, 6) is 1.47. The lowest BCUT2D eigenvalue weighted by Crippen LogP contribution is -2.30. The molecular formula is C17H20N2O3. The second-order valence-corrected chi connectivity index (χ2v) is 4.83. The van der Waals surface area contributed by atoms with Crippen molar-refractivity contribution in [3.05, 3.63) is 54.1 Å². The van der Waals surface area contributed by atoms with Crippen molar-refractivity contribution < 1.29 is 14.3 Å². The maximum Gasteiger partial charge on any atom is 0.321 e. The van der Waals surface area contributed by atoms with Crippen LogP contribution in [-0.2, 0) is 6.54 Å². The van der Waals surface area contributed by atoms with Crippen LogP contribution in [0, 0.1) is 0 Å². The monoisotopic (exact) mass is 300 g/mol. The van der Waals surface area contributed by atoms with Crippen LogP contribution in [0.25, 0.3) is 0 Å². The van der Waals surface area contributed by atoms with E-state index in [9.17, 15) is 4.79 Å². The fourth-order valence-electron chi connectivity index (χ4n) is 2.08. The Morgan fingerprint density at radius 2 is 1.86 bits per heavy atom. The fourth-order valence-corrected chi connectivity index (χ4v) is 2.08. The standard InChI is InChI=1S/C17H20N2O3/c1-19(12-13-7-4-5-10-16(13)22-3)17(20)18-14-8-6-9-15(11-14)21-2/h4-11H,12H2,1-3H3,(H,18,20). The number of methoxy groups -OCH3 is 2. The highest BCUT2D eigenvalue weighted by Crippen LogP contribution is 2.20. The summed E-state index contributed by atoms with van der Waals surface area (Å²) in [7, 11) is 4.95. The zero-order valence-electron chi connectivity index (χ0n) is 13.0. The molecule has 2 aromatic carbocycles. The van der Waals surface area contributed by atoms with Crippen molar-refractivity contribution in [3.63, 3.8) is 0 Å². The molecule has 1 N–H and O–H groups in total. The van der Waals surface area contributed by atoms with Gasteiger partial charge in [-0.1, -0.05) is 24.3 Å². The van der Waals surface area contributed by atoms with Gasteiger partial charge in [0.25, 0.3) is 0 Å². The Balaban J connectivity index is 2.02. The number of amides is 2. The van der Waals surface area contributed by atoms with Gasteiger partial charge < -0.3 is 19.7 Å². The molecule has 0 unspecified atom stereocenters. The van der Waals surface area contributed by atoms with Crippen molar-refractivity contribution in [3.8, 4) is 11.5 Å². The number of benzene rings is 2. The number of ether oxygens (including phenoxy) is 2. The van der Waals surface area contributed by atoms with Gasteiger partial charge in [0.05, 0.1) is 20.8 Å². The van der Waals surface area contributed by atoms with Crippen LogP contribution in [0.1, 0.15) is 5.56 Å².